The quantitative estimate of drug-likeness (QED) is 0.720. The minimum atomic E-state index is -0.201. The van der Waals surface area contributed by atoms with Crippen molar-refractivity contribution in [1.29, 1.82) is 0 Å². The summed E-state index contributed by atoms with van der Waals surface area (Å²) in [6, 6.07) is 0. The molecule has 0 N–H and O–H groups in total. The van der Waals surface area contributed by atoms with E-state index in [2.05, 4.69) is 20.6 Å². The summed E-state index contributed by atoms with van der Waals surface area (Å²) in [6.45, 7) is 0.306. The molecule has 0 atom stereocenters. The van der Waals surface area contributed by atoms with Gasteiger partial charge >= 0.3 is 0 Å². The zero-order valence-corrected chi connectivity index (χ0v) is 11.2. The molecule has 2 aromatic heterocycles. The van der Waals surface area contributed by atoms with Crippen LogP contribution in [0.5, 0.6) is 5.88 Å². The fraction of sp³-hybridized carbons (Fsp3) is 0.500. The lowest BCUT2D eigenvalue weighted by Gasteiger charge is -2.15. The molecule has 0 spiro atoms. The maximum atomic E-state index is 12.3. The van der Waals surface area contributed by atoms with Crippen molar-refractivity contribution in [2.45, 2.75) is 6.54 Å². The number of methoxy groups -OCH3 is 1. The van der Waals surface area contributed by atoms with E-state index >= 15 is 0 Å². The first-order valence-corrected chi connectivity index (χ1v) is 5.57. The number of ether oxygens (including phenoxy) is 1. The van der Waals surface area contributed by atoms with Crippen LogP contribution in [0.1, 0.15) is 16.2 Å². The Balaban J connectivity index is 2.17. The molecule has 1 amide bonds. The highest BCUT2D eigenvalue weighted by Gasteiger charge is 2.21. The molecule has 0 unspecified atom stereocenters. The Kier molecular flexibility index (Phi) is 3.45. The molecule has 0 saturated carbocycles. The van der Waals surface area contributed by atoms with Crippen molar-refractivity contribution in [2.75, 3.05) is 14.2 Å². The van der Waals surface area contributed by atoms with Gasteiger partial charge in [0.05, 0.1) is 13.7 Å². The summed E-state index contributed by atoms with van der Waals surface area (Å²) in [7, 11) is 6.60. The summed E-state index contributed by atoms with van der Waals surface area (Å²) in [5.41, 5.74) is 0.405. The molecule has 2 rings (SSSR count). The Morgan fingerprint density at radius 2 is 2.21 bits per heavy atom. The van der Waals surface area contributed by atoms with Gasteiger partial charge < -0.3 is 9.64 Å². The third-order valence-electron chi connectivity index (χ3n) is 2.65. The fourth-order valence-electron chi connectivity index (χ4n) is 1.64. The van der Waals surface area contributed by atoms with Crippen LogP contribution in [-0.2, 0) is 20.6 Å². The van der Waals surface area contributed by atoms with Crippen LogP contribution < -0.4 is 4.74 Å². The van der Waals surface area contributed by atoms with E-state index in [1.165, 1.54) is 21.4 Å². The summed E-state index contributed by atoms with van der Waals surface area (Å²) in [5, 5.41) is 15.1. The van der Waals surface area contributed by atoms with E-state index < -0.39 is 0 Å². The molecule has 0 bridgehead atoms. The highest BCUT2D eigenvalue weighted by Crippen LogP contribution is 2.17. The molecule has 0 saturated heterocycles. The molecule has 0 aliphatic heterocycles. The number of carbonyl (C=O) groups excluding carboxylic acids is 1. The summed E-state index contributed by atoms with van der Waals surface area (Å²) >= 11 is 0. The molecule has 9 heteroatoms. The first-order chi connectivity index (χ1) is 9.02. The maximum Gasteiger partial charge on any atom is 0.261 e. The lowest BCUT2D eigenvalue weighted by molar-refractivity contribution is 0.0776. The molecule has 0 aliphatic rings. The smallest absolute Gasteiger partial charge is 0.261 e. The monoisotopic (exact) mass is 265 g/mol. The topological polar surface area (TPSA) is 91.0 Å². The van der Waals surface area contributed by atoms with Crippen LogP contribution in [0.25, 0.3) is 0 Å². The largest absolute Gasteiger partial charge is 0.479 e. The lowest BCUT2D eigenvalue weighted by atomic mass is 10.3. The molecular formula is C10H15N7O2. The van der Waals surface area contributed by atoms with Crippen LogP contribution in [0.15, 0.2) is 6.20 Å². The van der Waals surface area contributed by atoms with Crippen molar-refractivity contribution in [2.24, 2.45) is 14.1 Å². The molecule has 2 heterocycles. The van der Waals surface area contributed by atoms with Gasteiger partial charge in [0, 0.05) is 27.3 Å². The van der Waals surface area contributed by atoms with Gasteiger partial charge in [-0.25, -0.2) is 4.68 Å². The SMILES string of the molecule is COc1nn(C)cc1C(=O)N(C)Cc1nnnn1C. The molecule has 0 aromatic carbocycles. The average molecular weight is 265 g/mol. The van der Waals surface area contributed by atoms with Gasteiger partial charge in [0.25, 0.3) is 5.91 Å². The molecule has 102 valence electrons. The molecular weight excluding hydrogens is 250 g/mol. The highest BCUT2D eigenvalue weighted by molar-refractivity contribution is 5.96. The van der Waals surface area contributed by atoms with Crippen molar-refractivity contribution in [1.82, 2.24) is 34.9 Å². The summed E-state index contributed by atoms with van der Waals surface area (Å²) in [5.74, 6) is 0.696. The van der Waals surface area contributed by atoms with Gasteiger partial charge in [0.1, 0.15) is 5.56 Å². The number of amides is 1. The zero-order valence-electron chi connectivity index (χ0n) is 11.2. The van der Waals surface area contributed by atoms with Gasteiger partial charge in [-0.2, -0.15) is 0 Å². The highest BCUT2D eigenvalue weighted by atomic mass is 16.5. The number of tetrazole rings is 1. The van der Waals surface area contributed by atoms with Crippen molar-refractivity contribution in [3.8, 4) is 5.88 Å². The minimum Gasteiger partial charge on any atom is -0.479 e. The fourth-order valence-corrected chi connectivity index (χ4v) is 1.64. The number of rotatable bonds is 4. The summed E-state index contributed by atoms with van der Waals surface area (Å²) < 4.78 is 8.12. The van der Waals surface area contributed by atoms with Gasteiger partial charge in [-0.05, 0) is 10.4 Å². The predicted octanol–water partition coefficient (Wildman–Crippen LogP) is -0.776. The van der Waals surface area contributed by atoms with E-state index in [9.17, 15) is 4.79 Å². The van der Waals surface area contributed by atoms with Crippen LogP contribution in [0, 0.1) is 0 Å². The van der Waals surface area contributed by atoms with Crippen molar-refractivity contribution >= 4 is 5.91 Å². The Morgan fingerprint density at radius 3 is 2.79 bits per heavy atom. The second-order valence-electron chi connectivity index (χ2n) is 4.11. The predicted molar refractivity (Wildman–Crippen MR) is 64.4 cm³/mol. The van der Waals surface area contributed by atoms with Crippen LogP contribution >= 0.6 is 0 Å². The van der Waals surface area contributed by atoms with Crippen molar-refractivity contribution in [3.05, 3.63) is 17.6 Å². The van der Waals surface area contributed by atoms with E-state index in [1.54, 1.807) is 27.3 Å². The molecule has 9 nitrogen and oxygen atoms in total. The first kappa shape index (κ1) is 13.0. The van der Waals surface area contributed by atoms with E-state index in [-0.39, 0.29) is 5.91 Å². The van der Waals surface area contributed by atoms with Gasteiger partial charge in [-0.3, -0.25) is 9.48 Å². The number of nitrogens with zero attached hydrogens (tertiary/aromatic N) is 7. The number of hydrogen-bond acceptors (Lipinski definition) is 6. The standard InChI is InChI=1S/C10H15N7O2/c1-15(6-8-11-13-14-17(8)3)10(18)7-5-16(2)12-9(7)19-4/h5H,6H2,1-4H3. The van der Waals surface area contributed by atoms with Gasteiger partial charge in [0.15, 0.2) is 5.82 Å². The average Bonchev–Trinajstić information content (AvgIpc) is 2.95. The second kappa shape index (κ2) is 5.04. The number of aryl methyl sites for hydroxylation is 2. The molecule has 19 heavy (non-hydrogen) atoms. The molecule has 0 aliphatic carbocycles. The Hall–Kier alpha value is -2.45. The Bertz CT molecular complexity index is 588. The van der Waals surface area contributed by atoms with Crippen molar-refractivity contribution < 1.29 is 9.53 Å². The first-order valence-electron chi connectivity index (χ1n) is 5.57. The molecule has 0 radical (unpaired) electrons. The van der Waals surface area contributed by atoms with Crippen LogP contribution in [-0.4, -0.2) is 55.0 Å². The third kappa shape index (κ3) is 2.54. The van der Waals surface area contributed by atoms with E-state index in [0.29, 0.717) is 23.8 Å². The number of hydrogen-bond donors (Lipinski definition) is 0. The minimum absolute atomic E-state index is 0.201. The molecule has 2 aromatic rings. The van der Waals surface area contributed by atoms with E-state index in [0.717, 1.165) is 0 Å². The number of carbonyl (C=O) groups is 1. The van der Waals surface area contributed by atoms with Gasteiger partial charge in [-0.1, -0.05) is 0 Å². The number of aromatic nitrogens is 6. The maximum absolute atomic E-state index is 12.3. The Labute approximate surface area is 109 Å². The normalized spacial score (nSPS) is 10.5. The zero-order chi connectivity index (χ0) is 14.0. The second-order valence-corrected chi connectivity index (χ2v) is 4.11. The summed E-state index contributed by atoms with van der Waals surface area (Å²) in [4.78, 5) is 13.8. The van der Waals surface area contributed by atoms with Gasteiger partial charge in [-0.15, -0.1) is 10.2 Å². The van der Waals surface area contributed by atoms with Crippen LogP contribution in [0.3, 0.4) is 0 Å². The van der Waals surface area contributed by atoms with E-state index in [1.807, 2.05) is 0 Å². The van der Waals surface area contributed by atoms with E-state index in [4.69, 9.17) is 4.74 Å². The van der Waals surface area contributed by atoms with Crippen LogP contribution in [0.4, 0.5) is 0 Å². The lowest BCUT2D eigenvalue weighted by Crippen LogP contribution is -2.27. The van der Waals surface area contributed by atoms with Gasteiger partial charge in [0.2, 0.25) is 5.88 Å². The summed E-state index contributed by atoms with van der Waals surface area (Å²) in [6.07, 6.45) is 1.62. The Morgan fingerprint density at radius 1 is 1.47 bits per heavy atom. The van der Waals surface area contributed by atoms with Crippen LogP contribution in [0.2, 0.25) is 0 Å². The molecule has 0 fully saturated rings. The third-order valence-corrected chi connectivity index (χ3v) is 2.65. The van der Waals surface area contributed by atoms with Crippen molar-refractivity contribution in [3.63, 3.8) is 0 Å².